The fourth-order valence-electron chi connectivity index (χ4n) is 3.13. The van der Waals surface area contributed by atoms with Crippen LogP contribution in [0.3, 0.4) is 0 Å². The Hall–Kier alpha value is -2.37. The Labute approximate surface area is 135 Å². The first-order chi connectivity index (χ1) is 10.8. The van der Waals surface area contributed by atoms with Crippen LogP contribution in [0.25, 0.3) is 0 Å². The molecule has 2 aliphatic rings. The second-order valence-electron chi connectivity index (χ2n) is 6.61. The SMILES string of the molecule is Cc1cccc(C)c1NC(=O)CN1C(=O)NC(C)(C2CC2)C1=O. The lowest BCUT2D eigenvalue weighted by molar-refractivity contribution is -0.134. The molecule has 6 nitrogen and oxygen atoms in total. The summed E-state index contributed by atoms with van der Waals surface area (Å²) in [7, 11) is 0. The van der Waals surface area contributed by atoms with E-state index in [1.165, 1.54) is 0 Å². The lowest BCUT2D eigenvalue weighted by Crippen LogP contribution is -2.46. The van der Waals surface area contributed by atoms with E-state index in [0.29, 0.717) is 0 Å². The number of para-hydroxylation sites is 1. The van der Waals surface area contributed by atoms with Crippen molar-refractivity contribution in [1.29, 1.82) is 0 Å². The maximum atomic E-state index is 12.5. The van der Waals surface area contributed by atoms with Crippen molar-refractivity contribution in [3.63, 3.8) is 0 Å². The van der Waals surface area contributed by atoms with Crippen LogP contribution in [0, 0.1) is 19.8 Å². The number of amides is 4. The molecule has 1 heterocycles. The topological polar surface area (TPSA) is 78.5 Å². The maximum absolute atomic E-state index is 12.5. The quantitative estimate of drug-likeness (QED) is 0.834. The fraction of sp³-hybridized carbons (Fsp3) is 0.471. The zero-order chi connectivity index (χ0) is 16.8. The molecular weight excluding hydrogens is 294 g/mol. The lowest BCUT2D eigenvalue weighted by atomic mass is 9.96. The molecule has 122 valence electrons. The molecule has 0 radical (unpaired) electrons. The van der Waals surface area contributed by atoms with Gasteiger partial charge in [-0.1, -0.05) is 18.2 Å². The van der Waals surface area contributed by atoms with E-state index in [1.54, 1.807) is 6.92 Å². The molecular formula is C17H21N3O3. The Morgan fingerprint density at radius 3 is 2.48 bits per heavy atom. The van der Waals surface area contributed by atoms with Crippen LogP contribution in [0.2, 0.25) is 0 Å². The predicted molar refractivity (Wildman–Crippen MR) is 85.9 cm³/mol. The summed E-state index contributed by atoms with van der Waals surface area (Å²) in [5, 5.41) is 5.55. The molecule has 2 N–H and O–H groups in total. The number of hydrogen-bond donors (Lipinski definition) is 2. The first-order valence-electron chi connectivity index (χ1n) is 7.83. The maximum Gasteiger partial charge on any atom is 0.325 e. The highest BCUT2D eigenvalue weighted by molar-refractivity contribution is 6.10. The van der Waals surface area contributed by atoms with Crippen LogP contribution in [0.4, 0.5) is 10.5 Å². The number of imide groups is 1. The van der Waals surface area contributed by atoms with Gasteiger partial charge in [-0.15, -0.1) is 0 Å². The molecule has 1 aromatic rings. The van der Waals surface area contributed by atoms with Gasteiger partial charge in [0.2, 0.25) is 5.91 Å². The normalized spacial score (nSPS) is 23.9. The zero-order valence-electron chi connectivity index (χ0n) is 13.6. The molecule has 1 aromatic carbocycles. The van der Waals surface area contributed by atoms with Crippen molar-refractivity contribution in [3.05, 3.63) is 29.3 Å². The van der Waals surface area contributed by atoms with Crippen molar-refractivity contribution in [2.45, 2.75) is 39.2 Å². The molecule has 0 bridgehead atoms. The summed E-state index contributed by atoms with van der Waals surface area (Å²) in [6, 6.07) is 5.24. The Kier molecular flexibility index (Phi) is 3.62. The Balaban J connectivity index is 1.71. The minimum absolute atomic E-state index is 0.186. The van der Waals surface area contributed by atoms with Crippen LogP contribution < -0.4 is 10.6 Å². The first-order valence-corrected chi connectivity index (χ1v) is 7.83. The highest BCUT2D eigenvalue weighted by Gasteiger charge is 2.56. The molecule has 0 aromatic heterocycles. The van der Waals surface area contributed by atoms with Crippen molar-refractivity contribution >= 4 is 23.5 Å². The number of urea groups is 1. The summed E-state index contributed by atoms with van der Waals surface area (Å²) in [4.78, 5) is 37.9. The highest BCUT2D eigenvalue weighted by atomic mass is 16.2. The van der Waals surface area contributed by atoms with E-state index < -0.39 is 11.6 Å². The number of nitrogens with one attached hydrogen (secondary N) is 2. The lowest BCUT2D eigenvalue weighted by Gasteiger charge is -2.21. The fourth-order valence-corrected chi connectivity index (χ4v) is 3.13. The molecule has 3 rings (SSSR count). The summed E-state index contributed by atoms with van der Waals surface area (Å²) in [5.41, 5.74) is 1.77. The smallest absolute Gasteiger partial charge is 0.324 e. The van der Waals surface area contributed by atoms with Gasteiger partial charge in [0.05, 0.1) is 0 Å². The molecule has 1 unspecified atom stereocenters. The van der Waals surface area contributed by atoms with Gasteiger partial charge in [0, 0.05) is 5.69 Å². The van der Waals surface area contributed by atoms with Crippen LogP contribution in [-0.2, 0) is 9.59 Å². The summed E-state index contributed by atoms with van der Waals surface area (Å²) in [5.74, 6) is -0.488. The van der Waals surface area contributed by atoms with Crippen LogP contribution in [0.15, 0.2) is 18.2 Å². The number of nitrogens with zero attached hydrogens (tertiary/aromatic N) is 1. The molecule has 23 heavy (non-hydrogen) atoms. The van der Waals surface area contributed by atoms with Crippen molar-refractivity contribution in [2.75, 3.05) is 11.9 Å². The number of rotatable bonds is 4. The van der Waals surface area contributed by atoms with Crippen LogP contribution in [-0.4, -0.2) is 34.8 Å². The third-order valence-electron chi connectivity index (χ3n) is 4.74. The van der Waals surface area contributed by atoms with Gasteiger partial charge in [-0.3, -0.25) is 14.5 Å². The van der Waals surface area contributed by atoms with Crippen LogP contribution >= 0.6 is 0 Å². The predicted octanol–water partition coefficient (Wildman–Crippen LogP) is 1.96. The molecule has 6 heteroatoms. The van der Waals surface area contributed by atoms with Crippen molar-refractivity contribution in [2.24, 2.45) is 5.92 Å². The van der Waals surface area contributed by atoms with Gasteiger partial charge in [0.15, 0.2) is 0 Å². The van der Waals surface area contributed by atoms with Gasteiger partial charge in [-0.05, 0) is 50.7 Å². The van der Waals surface area contributed by atoms with E-state index >= 15 is 0 Å². The van der Waals surface area contributed by atoms with Gasteiger partial charge < -0.3 is 10.6 Å². The van der Waals surface area contributed by atoms with Gasteiger partial charge in [0.1, 0.15) is 12.1 Å². The summed E-state index contributed by atoms with van der Waals surface area (Å²) in [6.07, 6.45) is 1.87. The Morgan fingerprint density at radius 1 is 1.30 bits per heavy atom. The third kappa shape index (κ3) is 2.69. The second kappa shape index (κ2) is 5.37. The molecule has 0 spiro atoms. The van der Waals surface area contributed by atoms with E-state index in [-0.39, 0.29) is 24.3 Å². The van der Waals surface area contributed by atoms with E-state index in [2.05, 4.69) is 10.6 Å². The number of hydrogen-bond acceptors (Lipinski definition) is 3. The molecule has 1 saturated carbocycles. The largest absolute Gasteiger partial charge is 0.325 e. The molecule has 1 saturated heterocycles. The van der Waals surface area contributed by atoms with Gasteiger partial charge in [-0.25, -0.2) is 4.79 Å². The average Bonchev–Trinajstić information content (AvgIpc) is 3.30. The van der Waals surface area contributed by atoms with Crippen molar-refractivity contribution < 1.29 is 14.4 Å². The number of benzene rings is 1. The number of carbonyl (C=O) groups is 3. The summed E-state index contributed by atoms with van der Waals surface area (Å²) >= 11 is 0. The van der Waals surface area contributed by atoms with E-state index in [0.717, 1.165) is 34.6 Å². The zero-order valence-corrected chi connectivity index (χ0v) is 13.6. The minimum Gasteiger partial charge on any atom is -0.324 e. The van der Waals surface area contributed by atoms with Gasteiger partial charge >= 0.3 is 6.03 Å². The molecule has 4 amide bonds. The average molecular weight is 315 g/mol. The van der Waals surface area contributed by atoms with E-state index in [4.69, 9.17) is 0 Å². The number of aryl methyl sites for hydroxylation is 2. The van der Waals surface area contributed by atoms with Crippen molar-refractivity contribution in [3.8, 4) is 0 Å². The standard InChI is InChI=1S/C17H21N3O3/c1-10-5-4-6-11(2)14(10)18-13(21)9-20-15(22)17(3,12-7-8-12)19-16(20)23/h4-6,12H,7-9H2,1-3H3,(H,18,21)(H,19,23). The van der Waals surface area contributed by atoms with Gasteiger partial charge in [-0.2, -0.15) is 0 Å². The molecule has 1 aliphatic heterocycles. The summed E-state index contributed by atoms with van der Waals surface area (Å²) < 4.78 is 0. The molecule has 1 aliphatic carbocycles. The third-order valence-corrected chi connectivity index (χ3v) is 4.74. The Bertz CT molecular complexity index is 676. The Morgan fingerprint density at radius 2 is 1.91 bits per heavy atom. The van der Waals surface area contributed by atoms with Crippen LogP contribution in [0.5, 0.6) is 0 Å². The second-order valence-corrected chi connectivity index (χ2v) is 6.61. The van der Waals surface area contributed by atoms with Crippen LogP contribution in [0.1, 0.15) is 30.9 Å². The van der Waals surface area contributed by atoms with Gasteiger partial charge in [0.25, 0.3) is 5.91 Å². The number of anilines is 1. The summed E-state index contributed by atoms with van der Waals surface area (Å²) in [6.45, 7) is 5.29. The number of carbonyl (C=O) groups excluding carboxylic acids is 3. The monoisotopic (exact) mass is 315 g/mol. The van der Waals surface area contributed by atoms with Crippen molar-refractivity contribution in [1.82, 2.24) is 10.2 Å². The van der Waals surface area contributed by atoms with E-state index in [1.807, 2.05) is 32.0 Å². The molecule has 1 atom stereocenters. The highest BCUT2D eigenvalue weighted by Crippen LogP contribution is 2.42. The minimum atomic E-state index is -0.851. The first kappa shape index (κ1) is 15.5. The molecule has 2 fully saturated rings. The van der Waals surface area contributed by atoms with E-state index in [9.17, 15) is 14.4 Å².